The van der Waals surface area contributed by atoms with E-state index in [-0.39, 0.29) is 30.1 Å². The number of aliphatic hydroxyl groups is 1. The van der Waals surface area contributed by atoms with Crippen LogP contribution in [0.3, 0.4) is 0 Å². The maximum atomic E-state index is 13.2. The number of aliphatic hydroxyl groups excluding tert-OH is 1. The summed E-state index contributed by atoms with van der Waals surface area (Å²) in [6.07, 6.45) is -10.7. The van der Waals surface area contributed by atoms with Crippen molar-refractivity contribution in [1.82, 2.24) is 0 Å². The molecule has 0 aliphatic carbocycles. The van der Waals surface area contributed by atoms with Crippen LogP contribution in [-0.2, 0) is 21.8 Å². The molecule has 4 atom stereocenters. The minimum Gasteiger partial charge on any atom is -0.396 e. The molecule has 0 radical (unpaired) electrons. The van der Waals surface area contributed by atoms with Gasteiger partial charge in [-0.15, -0.1) is 0 Å². The molecule has 0 bridgehead atoms. The average molecular weight is 462 g/mol. The van der Waals surface area contributed by atoms with E-state index >= 15 is 0 Å². The predicted octanol–water partition coefficient (Wildman–Crippen LogP) is 6.33. The molecule has 0 aromatic heterocycles. The van der Waals surface area contributed by atoms with Gasteiger partial charge in [-0.1, -0.05) is 30.3 Å². The normalized spacial score (nSPS) is 23.2. The van der Waals surface area contributed by atoms with E-state index in [9.17, 15) is 31.4 Å². The van der Waals surface area contributed by atoms with Gasteiger partial charge in [0, 0.05) is 12.5 Å². The monoisotopic (exact) mass is 462 g/mol. The van der Waals surface area contributed by atoms with Gasteiger partial charge in [-0.05, 0) is 55.0 Å². The Labute approximate surface area is 182 Å². The highest BCUT2D eigenvalue weighted by Gasteiger charge is 2.39. The zero-order valence-corrected chi connectivity index (χ0v) is 17.3. The maximum Gasteiger partial charge on any atom is 0.416 e. The first kappa shape index (κ1) is 24.5. The highest BCUT2D eigenvalue weighted by molar-refractivity contribution is 5.34. The van der Waals surface area contributed by atoms with Crippen LogP contribution < -0.4 is 0 Å². The van der Waals surface area contributed by atoms with Gasteiger partial charge in [-0.25, -0.2) is 0 Å². The van der Waals surface area contributed by atoms with E-state index in [0.29, 0.717) is 31.6 Å². The van der Waals surface area contributed by atoms with Crippen molar-refractivity contribution in [3.63, 3.8) is 0 Å². The van der Waals surface area contributed by atoms with E-state index in [0.717, 1.165) is 5.56 Å². The van der Waals surface area contributed by atoms with Crippen LogP contribution in [0.15, 0.2) is 48.5 Å². The molecule has 1 saturated heterocycles. The minimum absolute atomic E-state index is 0.0133. The molecule has 1 N–H and O–H groups in total. The zero-order chi connectivity index (χ0) is 23.5. The first-order chi connectivity index (χ1) is 15.0. The van der Waals surface area contributed by atoms with Gasteiger partial charge < -0.3 is 14.6 Å². The Kier molecular flexibility index (Phi) is 7.52. The molecule has 0 saturated carbocycles. The van der Waals surface area contributed by atoms with Crippen molar-refractivity contribution in [3.8, 4) is 0 Å². The van der Waals surface area contributed by atoms with Gasteiger partial charge >= 0.3 is 12.4 Å². The second-order valence-corrected chi connectivity index (χ2v) is 7.85. The van der Waals surface area contributed by atoms with E-state index in [1.165, 1.54) is 6.92 Å². The fraction of sp³-hybridized carbons (Fsp3) is 0.478. The summed E-state index contributed by atoms with van der Waals surface area (Å²) >= 11 is 0. The van der Waals surface area contributed by atoms with E-state index in [1.807, 2.05) is 30.3 Å². The first-order valence-corrected chi connectivity index (χ1v) is 10.2. The first-order valence-electron chi connectivity index (χ1n) is 10.2. The second-order valence-electron chi connectivity index (χ2n) is 7.85. The molecular weight excluding hydrogens is 438 g/mol. The quantitative estimate of drug-likeness (QED) is 0.510. The number of benzene rings is 2. The van der Waals surface area contributed by atoms with Gasteiger partial charge in [0.25, 0.3) is 0 Å². The van der Waals surface area contributed by atoms with Crippen molar-refractivity contribution in [2.75, 3.05) is 13.2 Å². The Bertz CT molecular complexity index is 847. The number of hydrogen-bond acceptors (Lipinski definition) is 3. The third kappa shape index (κ3) is 5.82. The number of hydrogen-bond donors (Lipinski definition) is 1. The van der Waals surface area contributed by atoms with Crippen LogP contribution in [0.5, 0.6) is 0 Å². The average Bonchev–Trinajstić information content (AvgIpc) is 2.73. The summed E-state index contributed by atoms with van der Waals surface area (Å²) in [4.78, 5) is 0. The lowest BCUT2D eigenvalue weighted by Gasteiger charge is -2.39. The van der Waals surface area contributed by atoms with Crippen LogP contribution in [0.2, 0.25) is 0 Å². The summed E-state index contributed by atoms with van der Waals surface area (Å²) in [5.41, 5.74) is -2.16. The molecule has 176 valence electrons. The molecule has 1 unspecified atom stereocenters. The van der Waals surface area contributed by atoms with Crippen LogP contribution in [0.4, 0.5) is 26.3 Å². The number of alkyl halides is 6. The van der Waals surface area contributed by atoms with Crippen LogP contribution in [-0.4, -0.2) is 24.6 Å². The minimum atomic E-state index is -4.93. The third-order valence-electron chi connectivity index (χ3n) is 5.67. The maximum absolute atomic E-state index is 13.2. The molecule has 32 heavy (non-hydrogen) atoms. The summed E-state index contributed by atoms with van der Waals surface area (Å²) in [6, 6.07) is 10.6. The highest BCUT2D eigenvalue weighted by Crippen LogP contribution is 2.42. The number of rotatable bonds is 6. The van der Waals surface area contributed by atoms with E-state index in [1.54, 1.807) is 0 Å². The molecular formula is C23H24F6O3. The van der Waals surface area contributed by atoms with Gasteiger partial charge in [-0.3, -0.25) is 0 Å². The van der Waals surface area contributed by atoms with Crippen molar-refractivity contribution < 1.29 is 40.9 Å². The molecule has 2 aromatic carbocycles. The van der Waals surface area contributed by atoms with E-state index < -0.39 is 35.9 Å². The molecule has 0 spiro atoms. The second kappa shape index (κ2) is 9.80. The van der Waals surface area contributed by atoms with E-state index in [4.69, 9.17) is 9.47 Å². The molecule has 3 rings (SSSR count). The van der Waals surface area contributed by atoms with E-state index in [2.05, 4.69) is 0 Å². The lowest BCUT2D eigenvalue weighted by Crippen LogP contribution is -2.37. The topological polar surface area (TPSA) is 38.7 Å². The van der Waals surface area contributed by atoms with Crippen LogP contribution in [0, 0.1) is 5.92 Å². The van der Waals surface area contributed by atoms with Crippen LogP contribution in [0.1, 0.15) is 54.0 Å². The number of ether oxygens (including phenoxy) is 2. The zero-order valence-electron chi connectivity index (χ0n) is 17.3. The Morgan fingerprint density at radius 3 is 2.12 bits per heavy atom. The molecule has 2 aromatic rings. The standard InChI is InChI=1S/C23H24F6O3/c1-14(17-11-18(22(24,25)26)13-19(12-17)23(27,28)29)32-21-20(15-5-3-2-4-6-15)16(7-9-30)8-10-31-21/h2-6,11-14,16,20-21,30H,7-10H2,1H3/t14?,16-,20+,21-/m1/s1. The van der Waals surface area contributed by atoms with Crippen LogP contribution in [0.25, 0.3) is 0 Å². The number of halogens is 6. The van der Waals surface area contributed by atoms with Crippen molar-refractivity contribution in [1.29, 1.82) is 0 Å². The lowest BCUT2D eigenvalue weighted by atomic mass is 9.80. The van der Waals surface area contributed by atoms with Crippen molar-refractivity contribution in [2.45, 2.75) is 50.4 Å². The lowest BCUT2D eigenvalue weighted by molar-refractivity contribution is -0.210. The Morgan fingerprint density at radius 2 is 1.59 bits per heavy atom. The van der Waals surface area contributed by atoms with Crippen molar-refractivity contribution >= 4 is 0 Å². The Balaban J connectivity index is 1.93. The summed E-state index contributed by atoms with van der Waals surface area (Å²) in [5.74, 6) is -0.340. The fourth-order valence-electron chi connectivity index (χ4n) is 4.05. The summed E-state index contributed by atoms with van der Waals surface area (Å²) < 4.78 is 91.0. The van der Waals surface area contributed by atoms with Gasteiger partial charge in [0.05, 0.1) is 23.8 Å². The van der Waals surface area contributed by atoms with Gasteiger partial charge in [0.15, 0.2) is 6.29 Å². The SMILES string of the molecule is CC(O[C@H]1OCC[C@@H](CCO)[C@@H]1c1ccccc1)c1cc(C(F)(F)F)cc(C(F)(F)F)c1. The molecule has 3 nitrogen and oxygen atoms in total. The molecule has 1 aliphatic rings. The van der Waals surface area contributed by atoms with Crippen molar-refractivity contribution in [3.05, 3.63) is 70.8 Å². The largest absolute Gasteiger partial charge is 0.416 e. The van der Waals surface area contributed by atoms with Gasteiger partial charge in [-0.2, -0.15) is 26.3 Å². The smallest absolute Gasteiger partial charge is 0.396 e. The summed E-state index contributed by atoms with van der Waals surface area (Å²) in [7, 11) is 0. The molecule has 1 fully saturated rings. The Hall–Kier alpha value is -2.10. The van der Waals surface area contributed by atoms with Gasteiger partial charge in [0.1, 0.15) is 0 Å². The Morgan fingerprint density at radius 1 is 1.00 bits per heavy atom. The predicted molar refractivity (Wildman–Crippen MR) is 105 cm³/mol. The summed E-state index contributed by atoms with van der Waals surface area (Å²) in [5, 5.41) is 9.45. The van der Waals surface area contributed by atoms with Gasteiger partial charge in [0.2, 0.25) is 0 Å². The highest BCUT2D eigenvalue weighted by atomic mass is 19.4. The van der Waals surface area contributed by atoms with Crippen LogP contribution >= 0.6 is 0 Å². The molecule has 0 amide bonds. The van der Waals surface area contributed by atoms with Crippen molar-refractivity contribution in [2.24, 2.45) is 5.92 Å². The molecule has 1 aliphatic heterocycles. The molecule has 9 heteroatoms. The molecule has 1 heterocycles. The third-order valence-corrected chi connectivity index (χ3v) is 5.67. The fourth-order valence-corrected chi connectivity index (χ4v) is 4.05. The summed E-state index contributed by atoms with van der Waals surface area (Å²) in [6.45, 7) is 1.65.